The van der Waals surface area contributed by atoms with Crippen LogP contribution in [0.15, 0.2) is 22.7 Å². The van der Waals surface area contributed by atoms with Gasteiger partial charge in [0.25, 0.3) is 5.91 Å². The predicted molar refractivity (Wildman–Crippen MR) is 81.8 cm³/mol. The lowest BCUT2D eigenvalue weighted by atomic mass is 10.2. The van der Waals surface area contributed by atoms with E-state index in [1.165, 1.54) is 6.92 Å². The summed E-state index contributed by atoms with van der Waals surface area (Å²) in [5.74, 6) is -1.17. The number of esters is 1. The fourth-order valence-electron chi connectivity index (χ4n) is 1.43. The first-order valence-corrected chi connectivity index (χ1v) is 7.14. The van der Waals surface area contributed by atoms with Gasteiger partial charge in [-0.05, 0) is 24.6 Å². The molecule has 0 saturated heterocycles. The highest BCUT2D eigenvalue weighted by Crippen LogP contribution is 2.20. The number of hydrogen-bond donors (Lipinski definition) is 2. The van der Waals surface area contributed by atoms with Crippen molar-refractivity contribution in [1.29, 1.82) is 0 Å². The van der Waals surface area contributed by atoms with Crippen molar-refractivity contribution >= 4 is 39.4 Å². The number of ether oxygens (including phenoxy) is 1. The molecule has 0 spiro atoms. The molecule has 0 unspecified atom stereocenters. The highest BCUT2D eigenvalue weighted by Gasteiger charge is 2.08. The first kappa shape index (κ1) is 17.2. The van der Waals surface area contributed by atoms with Gasteiger partial charge >= 0.3 is 5.97 Å². The minimum atomic E-state index is -0.538. The van der Waals surface area contributed by atoms with Gasteiger partial charge in [0.2, 0.25) is 5.91 Å². The minimum Gasteiger partial charge on any atom is -0.456 e. The molecule has 1 rings (SSSR count). The maximum absolute atomic E-state index is 11.6. The maximum Gasteiger partial charge on any atom is 0.308 e. The second kappa shape index (κ2) is 8.41. The Hall–Kier alpha value is -1.89. The SMILES string of the molecule is CC(=O)NCCC(=O)OCC(=O)Nc1ccc(C)c(Br)c1. The summed E-state index contributed by atoms with van der Waals surface area (Å²) in [5.41, 5.74) is 1.67. The van der Waals surface area contributed by atoms with Crippen LogP contribution in [-0.2, 0) is 19.1 Å². The predicted octanol–water partition coefficient (Wildman–Crippen LogP) is 1.77. The van der Waals surface area contributed by atoms with E-state index in [0.717, 1.165) is 10.0 Å². The van der Waals surface area contributed by atoms with E-state index in [2.05, 4.69) is 26.6 Å². The largest absolute Gasteiger partial charge is 0.456 e. The van der Waals surface area contributed by atoms with E-state index < -0.39 is 11.9 Å². The standard InChI is InChI=1S/C14H17BrN2O4/c1-9-3-4-11(7-12(9)15)17-13(19)8-21-14(20)5-6-16-10(2)18/h3-4,7H,5-6,8H2,1-2H3,(H,16,18)(H,17,19). The lowest BCUT2D eigenvalue weighted by Gasteiger charge is -2.08. The highest BCUT2D eigenvalue weighted by atomic mass is 79.9. The van der Waals surface area contributed by atoms with Crippen LogP contribution in [0.4, 0.5) is 5.69 Å². The zero-order valence-electron chi connectivity index (χ0n) is 11.9. The van der Waals surface area contributed by atoms with Crippen molar-refractivity contribution in [2.24, 2.45) is 0 Å². The Morgan fingerprint density at radius 2 is 2.00 bits per heavy atom. The van der Waals surface area contributed by atoms with Crippen LogP contribution in [0, 0.1) is 6.92 Å². The van der Waals surface area contributed by atoms with E-state index in [0.29, 0.717) is 5.69 Å². The number of carbonyl (C=O) groups excluding carboxylic acids is 3. The van der Waals surface area contributed by atoms with E-state index >= 15 is 0 Å². The molecule has 0 aliphatic heterocycles. The number of rotatable bonds is 6. The number of nitrogens with one attached hydrogen (secondary N) is 2. The van der Waals surface area contributed by atoms with E-state index in [1.807, 2.05) is 13.0 Å². The van der Waals surface area contributed by atoms with Gasteiger partial charge in [0.05, 0.1) is 6.42 Å². The first-order chi connectivity index (χ1) is 9.88. The number of amides is 2. The number of carbonyl (C=O) groups is 3. The summed E-state index contributed by atoms with van der Waals surface area (Å²) in [5, 5.41) is 5.09. The Balaban J connectivity index is 2.32. The molecule has 6 nitrogen and oxygen atoms in total. The van der Waals surface area contributed by atoms with Crippen LogP contribution in [-0.4, -0.2) is 30.9 Å². The van der Waals surface area contributed by atoms with Crippen molar-refractivity contribution in [2.45, 2.75) is 20.3 Å². The number of benzene rings is 1. The normalized spacial score (nSPS) is 9.86. The third kappa shape index (κ3) is 6.89. The fourth-order valence-corrected chi connectivity index (χ4v) is 1.81. The molecule has 2 amide bonds. The molecule has 0 radical (unpaired) electrons. The Kier molecular flexibility index (Phi) is 6.87. The Labute approximate surface area is 131 Å². The fraction of sp³-hybridized carbons (Fsp3) is 0.357. The van der Waals surface area contributed by atoms with Crippen molar-refractivity contribution in [3.05, 3.63) is 28.2 Å². The van der Waals surface area contributed by atoms with Gasteiger partial charge in [-0.25, -0.2) is 0 Å². The van der Waals surface area contributed by atoms with Crippen LogP contribution >= 0.6 is 15.9 Å². The molecule has 114 valence electrons. The summed E-state index contributed by atoms with van der Waals surface area (Å²) in [6, 6.07) is 5.39. The van der Waals surface area contributed by atoms with Crippen LogP contribution in [0.3, 0.4) is 0 Å². The average Bonchev–Trinajstić information content (AvgIpc) is 2.40. The van der Waals surface area contributed by atoms with Crippen molar-refractivity contribution < 1.29 is 19.1 Å². The van der Waals surface area contributed by atoms with Crippen LogP contribution < -0.4 is 10.6 Å². The van der Waals surface area contributed by atoms with Gasteiger partial charge in [0.15, 0.2) is 6.61 Å². The molecule has 0 aliphatic carbocycles. The van der Waals surface area contributed by atoms with E-state index in [4.69, 9.17) is 4.74 Å². The monoisotopic (exact) mass is 356 g/mol. The van der Waals surface area contributed by atoms with Crippen molar-refractivity contribution in [3.63, 3.8) is 0 Å². The van der Waals surface area contributed by atoms with E-state index in [-0.39, 0.29) is 25.5 Å². The Morgan fingerprint density at radius 3 is 2.62 bits per heavy atom. The van der Waals surface area contributed by atoms with Crippen molar-refractivity contribution in [1.82, 2.24) is 5.32 Å². The molecule has 1 aromatic rings. The molecule has 21 heavy (non-hydrogen) atoms. The molecule has 7 heteroatoms. The number of anilines is 1. The third-order valence-corrected chi connectivity index (χ3v) is 3.38. The van der Waals surface area contributed by atoms with Gasteiger partial charge in [-0.1, -0.05) is 22.0 Å². The minimum absolute atomic E-state index is 0.0307. The quantitative estimate of drug-likeness (QED) is 0.760. The molecule has 1 aromatic carbocycles. The van der Waals surface area contributed by atoms with Gasteiger partial charge in [-0.2, -0.15) is 0 Å². The zero-order chi connectivity index (χ0) is 15.8. The van der Waals surface area contributed by atoms with Gasteiger partial charge in [0, 0.05) is 23.6 Å². The Morgan fingerprint density at radius 1 is 1.29 bits per heavy atom. The maximum atomic E-state index is 11.6. The number of halogens is 1. The lowest BCUT2D eigenvalue weighted by Crippen LogP contribution is -2.25. The summed E-state index contributed by atoms with van der Waals surface area (Å²) in [6.07, 6.45) is 0.0307. The highest BCUT2D eigenvalue weighted by molar-refractivity contribution is 9.10. The van der Waals surface area contributed by atoms with Crippen LogP contribution in [0.25, 0.3) is 0 Å². The molecule has 0 aromatic heterocycles. The summed E-state index contributed by atoms with van der Waals surface area (Å²) in [6.45, 7) is 3.14. The molecule has 0 aliphatic rings. The summed E-state index contributed by atoms with van der Waals surface area (Å²) in [7, 11) is 0. The molecular formula is C14H17BrN2O4. The molecule has 0 fully saturated rings. The molecular weight excluding hydrogens is 340 g/mol. The number of aryl methyl sites for hydroxylation is 1. The first-order valence-electron chi connectivity index (χ1n) is 6.34. The Bertz CT molecular complexity index is 546. The topological polar surface area (TPSA) is 84.5 Å². The van der Waals surface area contributed by atoms with E-state index in [1.54, 1.807) is 12.1 Å². The molecule has 2 N–H and O–H groups in total. The van der Waals surface area contributed by atoms with Crippen molar-refractivity contribution in [2.75, 3.05) is 18.5 Å². The summed E-state index contributed by atoms with van der Waals surface area (Å²) < 4.78 is 5.68. The van der Waals surface area contributed by atoms with Crippen molar-refractivity contribution in [3.8, 4) is 0 Å². The average molecular weight is 357 g/mol. The summed E-state index contributed by atoms with van der Waals surface area (Å²) in [4.78, 5) is 33.6. The molecule has 0 saturated carbocycles. The van der Waals surface area contributed by atoms with Gasteiger partial charge in [-0.15, -0.1) is 0 Å². The lowest BCUT2D eigenvalue weighted by molar-refractivity contribution is -0.147. The van der Waals surface area contributed by atoms with Crippen LogP contribution in [0.2, 0.25) is 0 Å². The summed E-state index contributed by atoms with van der Waals surface area (Å²) >= 11 is 3.37. The number of hydrogen-bond acceptors (Lipinski definition) is 4. The van der Waals surface area contributed by atoms with E-state index in [9.17, 15) is 14.4 Å². The van der Waals surface area contributed by atoms with Gasteiger partial charge in [-0.3, -0.25) is 14.4 Å². The van der Waals surface area contributed by atoms with Gasteiger partial charge < -0.3 is 15.4 Å². The smallest absolute Gasteiger partial charge is 0.308 e. The van der Waals surface area contributed by atoms with Crippen LogP contribution in [0.1, 0.15) is 18.9 Å². The second-order valence-electron chi connectivity index (χ2n) is 4.41. The zero-order valence-corrected chi connectivity index (χ0v) is 13.5. The molecule has 0 atom stereocenters. The third-order valence-electron chi connectivity index (χ3n) is 2.52. The molecule has 0 bridgehead atoms. The van der Waals surface area contributed by atoms with Gasteiger partial charge in [0.1, 0.15) is 0 Å². The second-order valence-corrected chi connectivity index (χ2v) is 5.26. The van der Waals surface area contributed by atoms with Crippen LogP contribution in [0.5, 0.6) is 0 Å². The molecule has 0 heterocycles.